The number of hydrogen-bond donors (Lipinski definition) is 0. The minimum atomic E-state index is 0.0245. The average molecular weight is 675 g/mol. The molecular formula is C34H18N4S6. The molecule has 6 aromatic heterocycles. The van der Waals surface area contributed by atoms with Gasteiger partial charge in [-0.3, -0.25) is 0 Å². The molecule has 0 unspecified atom stereocenters. The van der Waals surface area contributed by atoms with E-state index in [4.69, 9.17) is 18.4 Å². The van der Waals surface area contributed by atoms with E-state index in [0.717, 1.165) is 27.5 Å². The van der Waals surface area contributed by atoms with Gasteiger partial charge in [-0.05, 0) is 72.5 Å². The van der Waals surface area contributed by atoms with Gasteiger partial charge in [0.25, 0.3) is 11.4 Å². The Bertz CT molecular complexity index is 2390. The van der Waals surface area contributed by atoms with Crippen molar-refractivity contribution in [3.8, 4) is 21.9 Å². The van der Waals surface area contributed by atoms with Crippen molar-refractivity contribution >= 4 is 120 Å². The molecule has 0 radical (unpaired) electrons. The Morgan fingerprint density at radius 2 is 1.34 bits per heavy atom. The quantitative estimate of drug-likeness (QED) is 0.138. The van der Waals surface area contributed by atoms with Crippen molar-refractivity contribution in [2.24, 2.45) is 0 Å². The van der Waals surface area contributed by atoms with Crippen molar-refractivity contribution in [2.75, 3.05) is 0 Å². The van der Waals surface area contributed by atoms with E-state index in [0.29, 0.717) is 0 Å². The summed E-state index contributed by atoms with van der Waals surface area (Å²) in [7, 11) is 0. The Kier molecular flexibility index (Phi) is 6.70. The summed E-state index contributed by atoms with van der Waals surface area (Å²) in [4.78, 5) is 13.6. The van der Waals surface area contributed by atoms with Crippen molar-refractivity contribution in [3.05, 3.63) is 89.6 Å². The molecule has 210 valence electrons. The van der Waals surface area contributed by atoms with Crippen molar-refractivity contribution in [3.63, 3.8) is 0 Å². The summed E-state index contributed by atoms with van der Waals surface area (Å²) in [6, 6.07) is 14.6. The van der Waals surface area contributed by atoms with Crippen LogP contribution in [0.4, 0.5) is 0 Å². The fourth-order valence-corrected chi connectivity index (χ4v) is 14.6. The van der Waals surface area contributed by atoms with Crippen LogP contribution in [0.25, 0.3) is 71.4 Å². The molecular weight excluding hydrogens is 657 g/mol. The molecule has 1 spiro atoms. The summed E-state index contributed by atoms with van der Waals surface area (Å²) in [6.07, 6.45) is 11.9. The first-order valence-corrected chi connectivity index (χ1v) is 18.8. The van der Waals surface area contributed by atoms with Crippen LogP contribution >= 0.6 is 68.0 Å². The fraction of sp³-hybridized carbons (Fsp3) is 0.176. The first-order valence-electron chi connectivity index (χ1n) is 13.9. The highest BCUT2D eigenvalue weighted by Gasteiger charge is 2.46. The predicted octanol–water partition coefficient (Wildman–Crippen LogP) is 12.5. The molecule has 1 fully saturated rings. The number of rotatable bonds is 4. The van der Waals surface area contributed by atoms with E-state index < -0.39 is 0 Å². The molecule has 0 amide bonds. The Balaban J connectivity index is 1.21. The van der Waals surface area contributed by atoms with Crippen molar-refractivity contribution in [1.29, 1.82) is 10.5 Å². The van der Waals surface area contributed by atoms with Gasteiger partial charge in [0, 0.05) is 39.4 Å². The van der Waals surface area contributed by atoms with E-state index in [1.165, 1.54) is 73.2 Å². The van der Waals surface area contributed by atoms with Gasteiger partial charge in [0.05, 0.1) is 48.8 Å². The highest BCUT2D eigenvalue weighted by Crippen LogP contribution is 2.63. The van der Waals surface area contributed by atoms with Crippen molar-refractivity contribution in [1.82, 2.24) is 0 Å². The lowest BCUT2D eigenvalue weighted by molar-refractivity contribution is 0.376. The minimum absolute atomic E-state index is 0.0245. The van der Waals surface area contributed by atoms with Gasteiger partial charge >= 0.3 is 0 Å². The lowest BCUT2D eigenvalue weighted by Crippen LogP contribution is -2.28. The Morgan fingerprint density at radius 1 is 0.705 bits per heavy atom. The summed E-state index contributed by atoms with van der Waals surface area (Å²) in [5.41, 5.74) is 3.22. The van der Waals surface area contributed by atoms with E-state index >= 15 is 0 Å². The summed E-state index contributed by atoms with van der Waals surface area (Å²) < 4.78 is 8.38. The van der Waals surface area contributed by atoms with Crippen molar-refractivity contribution < 1.29 is 0 Å². The second-order valence-corrected chi connectivity index (χ2v) is 17.2. The molecule has 0 aromatic carbocycles. The van der Waals surface area contributed by atoms with Gasteiger partial charge < -0.3 is 0 Å². The zero-order chi connectivity index (χ0) is 30.0. The van der Waals surface area contributed by atoms with Crippen LogP contribution in [0, 0.1) is 35.8 Å². The van der Waals surface area contributed by atoms with Gasteiger partial charge in [0.1, 0.15) is 0 Å². The first kappa shape index (κ1) is 27.7. The Morgan fingerprint density at radius 3 is 2.02 bits per heavy atom. The molecule has 1 saturated carbocycles. The van der Waals surface area contributed by atoms with E-state index in [2.05, 4.69) is 34.0 Å². The van der Waals surface area contributed by atoms with Crippen LogP contribution < -0.4 is 0 Å². The largest absolute Gasteiger partial charge is 0.263 e. The highest BCUT2D eigenvalue weighted by molar-refractivity contribution is 7.45. The van der Waals surface area contributed by atoms with E-state index in [1.807, 2.05) is 69.6 Å². The summed E-state index contributed by atoms with van der Waals surface area (Å²) >= 11 is 11.0. The molecule has 8 rings (SSSR count). The Hall–Kier alpha value is -3.84. The molecule has 2 aliphatic carbocycles. The normalized spacial score (nSPS) is 16.2. The second kappa shape index (κ2) is 10.7. The number of hydrogen-bond acceptors (Lipinski definition) is 8. The van der Waals surface area contributed by atoms with Gasteiger partial charge in [0.15, 0.2) is 0 Å². The third-order valence-electron chi connectivity index (χ3n) is 8.39. The van der Waals surface area contributed by atoms with E-state index in [9.17, 15) is 5.26 Å². The zero-order valence-electron chi connectivity index (χ0n) is 22.9. The maximum atomic E-state index is 9.25. The van der Waals surface area contributed by atoms with Crippen LogP contribution in [0.5, 0.6) is 0 Å². The smallest absolute Gasteiger partial charge is 0.227 e. The van der Waals surface area contributed by atoms with E-state index in [1.54, 1.807) is 34.8 Å². The SMILES string of the molecule is [C-]#[N+]/C(C#N)=C\c1ccc(-c2cc3sc4c5sc6c(c5sc4c3s2)C2(CCCCC2)C(c2ccc(/C=C(\C#N)[N+]#[C-])s2)=C6)s1. The topological polar surface area (TPSA) is 56.3 Å². The van der Waals surface area contributed by atoms with Crippen LogP contribution in [0.15, 0.2) is 41.7 Å². The standard InChI is InChI=1S/C34H18N4S6/c1-37-18(16-35)12-20-6-8-23(39-20)22-14-26-28(34(22)10-4-3-5-11-34)30-32(42-26)33-31(44-30)29-27(43-33)15-25(41-29)24-9-7-21(40-24)13-19(17-36)38-2/h6-9,12-15H,3-5,10-11H2/b18-12+,19-13-. The van der Waals surface area contributed by atoms with Crippen LogP contribution in [0.3, 0.4) is 0 Å². The van der Waals surface area contributed by atoms with Crippen molar-refractivity contribution in [2.45, 2.75) is 37.5 Å². The number of nitriles is 2. The number of fused-ring (bicyclic) bond motifs is 8. The van der Waals surface area contributed by atoms with Crippen LogP contribution in [0.2, 0.25) is 0 Å². The molecule has 10 heteroatoms. The van der Waals surface area contributed by atoms with Gasteiger partial charge in [-0.25, -0.2) is 20.2 Å². The van der Waals surface area contributed by atoms with Gasteiger partial charge in [-0.15, -0.1) is 68.0 Å². The third-order valence-corrected chi connectivity index (χ3v) is 16.0. The van der Waals surface area contributed by atoms with Crippen LogP contribution in [-0.2, 0) is 5.41 Å². The molecule has 4 nitrogen and oxygen atoms in total. The second-order valence-electron chi connectivity index (χ2n) is 10.8. The van der Waals surface area contributed by atoms with Gasteiger partial charge in [-0.2, -0.15) is 0 Å². The molecule has 0 saturated heterocycles. The van der Waals surface area contributed by atoms with Gasteiger partial charge in [0.2, 0.25) is 0 Å². The summed E-state index contributed by atoms with van der Waals surface area (Å²) in [5, 5.41) is 18.4. The first-order chi connectivity index (χ1) is 21.5. The zero-order valence-corrected chi connectivity index (χ0v) is 27.8. The number of allylic oxidation sites excluding steroid dienone is 3. The molecule has 44 heavy (non-hydrogen) atoms. The monoisotopic (exact) mass is 674 g/mol. The molecule has 0 atom stereocenters. The lowest BCUT2D eigenvalue weighted by atomic mass is 9.67. The Labute approximate surface area is 277 Å². The molecule has 0 N–H and O–H groups in total. The van der Waals surface area contributed by atoms with Gasteiger partial charge in [-0.1, -0.05) is 19.3 Å². The molecule has 0 aliphatic heterocycles. The maximum absolute atomic E-state index is 9.25. The third kappa shape index (κ3) is 4.19. The van der Waals surface area contributed by atoms with Crippen LogP contribution in [-0.4, -0.2) is 0 Å². The van der Waals surface area contributed by atoms with E-state index in [-0.39, 0.29) is 16.8 Å². The molecule has 0 bridgehead atoms. The molecule has 6 aromatic rings. The van der Waals surface area contributed by atoms with Crippen LogP contribution in [0.1, 0.15) is 57.2 Å². The molecule has 2 aliphatic rings. The fourth-order valence-electron chi connectivity index (χ4n) is 6.54. The molecule has 6 heterocycles. The number of thiophene rings is 6. The summed E-state index contributed by atoms with van der Waals surface area (Å²) in [6.45, 7) is 14.4. The average Bonchev–Trinajstić information content (AvgIpc) is 3.88. The number of nitrogens with zero attached hydrogens (tertiary/aromatic N) is 4. The summed E-state index contributed by atoms with van der Waals surface area (Å²) in [5.74, 6) is 0. The lowest BCUT2D eigenvalue weighted by Gasteiger charge is -2.37. The maximum Gasteiger partial charge on any atom is 0.263 e. The highest BCUT2D eigenvalue weighted by atomic mass is 32.1. The predicted molar refractivity (Wildman–Crippen MR) is 191 cm³/mol. The minimum Gasteiger partial charge on any atom is -0.227 e.